The van der Waals surface area contributed by atoms with Gasteiger partial charge in [-0.3, -0.25) is 9.69 Å². The molecule has 8 heteroatoms. The van der Waals surface area contributed by atoms with Crippen LogP contribution in [0.5, 0.6) is 0 Å². The number of anilines is 1. The first-order valence-electron chi connectivity index (χ1n) is 14.5. The Balaban J connectivity index is 0.00000380. The third-order valence-corrected chi connectivity index (χ3v) is 8.58. The molecule has 8 nitrogen and oxygen atoms in total. The van der Waals surface area contributed by atoms with E-state index in [1.807, 2.05) is 6.92 Å². The normalized spacial score (nSPS) is 24.2. The average molecular weight is 503 g/mol. The van der Waals surface area contributed by atoms with E-state index in [0.29, 0.717) is 30.7 Å². The van der Waals surface area contributed by atoms with Gasteiger partial charge in [0.2, 0.25) is 11.9 Å². The minimum absolute atomic E-state index is 0. The van der Waals surface area contributed by atoms with Crippen molar-refractivity contribution in [2.24, 2.45) is 0 Å². The molecule has 1 amide bonds. The van der Waals surface area contributed by atoms with Crippen LogP contribution < -0.4 is 10.2 Å². The molecule has 1 aromatic rings. The Labute approximate surface area is 219 Å². The van der Waals surface area contributed by atoms with E-state index >= 15 is 0 Å². The first kappa shape index (κ1) is 27.3. The standard InChI is InChI=1S/C28H48N6O2.H2/c1-4-22(3)33-19-25-9-10-26(20-33)34(25)28-30-17-24(18-31-28)23-11-15-32(16-12-23)14-8-6-7-13-29-27(35)21-36-5-2;/h17-18,22-23,25-26H,4-16,19-21H2,1-3H3,(H,29,35);1H. The minimum atomic E-state index is -0.00697. The molecule has 204 valence electrons. The number of amides is 1. The molecule has 3 aliphatic rings. The molecule has 1 aromatic heterocycles. The Morgan fingerprint density at radius 2 is 1.78 bits per heavy atom. The number of nitrogens with one attached hydrogen (secondary N) is 1. The van der Waals surface area contributed by atoms with E-state index in [2.05, 4.69) is 46.3 Å². The number of hydrogen-bond acceptors (Lipinski definition) is 7. The van der Waals surface area contributed by atoms with Crippen molar-refractivity contribution in [1.29, 1.82) is 0 Å². The molecule has 4 heterocycles. The smallest absolute Gasteiger partial charge is 0.245 e. The maximum absolute atomic E-state index is 11.5. The molecule has 3 saturated heterocycles. The van der Waals surface area contributed by atoms with E-state index in [0.717, 1.165) is 58.1 Å². The first-order chi connectivity index (χ1) is 17.6. The fourth-order valence-corrected chi connectivity index (χ4v) is 6.16. The van der Waals surface area contributed by atoms with Gasteiger partial charge >= 0.3 is 0 Å². The van der Waals surface area contributed by atoms with Crippen molar-refractivity contribution >= 4 is 11.9 Å². The summed E-state index contributed by atoms with van der Waals surface area (Å²) in [6, 6.07) is 1.80. The van der Waals surface area contributed by atoms with Gasteiger partial charge in [-0.25, -0.2) is 9.97 Å². The van der Waals surface area contributed by atoms with E-state index in [9.17, 15) is 4.79 Å². The molecule has 36 heavy (non-hydrogen) atoms. The summed E-state index contributed by atoms with van der Waals surface area (Å²) in [6.45, 7) is 13.8. The van der Waals surface area contributed by atoms with Gasteiger partial charge in [0.15, 0.2) is 0 Å². The van der Waals surface area contributed by atoms with Gasteiger partial charge < -0.3 is 19.9 Å². The molecule has 2 bridgehead atoms. The summed E-state index contributed by atoms with van der Waals surface area (Å²) in [5.74, 6) is 1.52. The molecule has 1 N–H and O–H groups in total. The molecule has 0 radical (unpaired) electrons. The van der Waals surface area contributed by atoms with Crippen LogP contribution >= 0.6 is 0 Å². The lowest BCUT2D eigenvalue weighted by atomic mass is 9.91. The lowest BCUT2D eigenvalue weighted by molar-refractivity contribution is -0.125. The number of ether oxygens (including phenoxy) is 1. The van der Waals surface area contributed by atoms with Crippen molar-refractivity contribution in [1.82, 2.24) is 25.1 Å². The summed E-state index contributed by atoms with van der Waals surface area (Å²) in [6.07, 6.45) is 13.7. The molecule has 0 saturated carbocycles. The SMILES string of the molecule is CCOCC(=O)NCCCCCN1CCC(c2cnc(N3C4CCC3CN(C(C)CC)C4)nc2)CC1.[HH]. The molecule has 0 spiro atoms. The fraction of sp³-hybridized carbons (Fsp3) is 0.821. The van der Waals surface area contributed by atoms with Crippen LogP contribution in [0.3, 0.4) is 0 Å². The molecule has 3 atom stereocenters. The number of piperidine rings is 1. The third kappa shape index (κ3) is 7.17. The number of aromatic nitrogens is 2. The summed E-state index contributed by atoms with van der Waals surface area (Å²) < 4.78 is 5.12. The largest absolute Gasteiger partial charge is 0.372 e. The summed E-state index contributed by atoms with van der Waals surface area (Å²) in [7, 11) is 0. The Morgan fingerprint density at radius 1 is 1.08 bits per heavy atom. The van der Waals surface area contributed by atoms with Crippen molar-refractivity contribution in [3.63, 3.8) is 0 Å². The van der Waals surface area contributed by atoms with Crippen LogP contribution in [0.2, 0.25) is 0 Å². The van der Waals surface area contributed by atoms with Crippen molar-refractivity contribution in [2.75, 3.05) is 57.4 Å². The Bertz CT molecular complexity index is 790. The van der Waals surface area contributed by atoms with Crippen molar-refractivity contribution in [3.8, 4) is 0 Å². The molecular formula is C28H50N6O2. The lowest BCUT2D eigenvalue weighted by Gasteiger charge is -2.43. The number of rotatable bonds is 13. The van der Waals surface area contributed by atoms with E-state index in [1.54, 1.807) is 0 Å². The Morgan fingerprint density at radius 3 is 2.42 bits per heavy atom. The molecular weight excluding hydrogens is 452 g/mol. The molecule has 0 aliphatic carbocycles. The zero-order valence-corrected chi connectivity index (χ0v) is 22.8. The quantitative estimate of drug-likeness (QED) is 0.413. The number of nitrogens with zero attached hydrogens (tertiary/aromatic N) is 5. The van der Waals surface area contributed by atoms with Gasteiger partial charge in [-0.05, 0) is 89.9 Å². The van der Waals surface area contributed by atoms with E-state index in [4.69, 9.17) is 14.7 Å². The number of piperazine rings is 1. The summed E-state index contributed by atoms with van der Waals surface area (Å²) in [5, 5.41) is 2.93. The first-order valence-corrected chi connectivity index (χ1v) is 14.5. The highest BCUT2D eigenvalue weighted by Crippen LogP contribution is 2.35. The molecule has 3 aliphatic heterocycles. The summed E-state index contributed by atoms with van der Waals surface area (Å²) >= 11 is 0. The van der Waals surface area contributed by atoms with Crippen molar-refractivity contribution < 1.29 is 11.0 Å². The maximum atomic E-state index is 11.5. The van der Waals surface area contributed by atoms with Gasteiger partial charge in [0.25, 0.3) is 0 Å². The van der Waals surface area contributed by atoms with Crippen molar-refractivity contribution in [2.45, 2.75) is 96.2 Å². The Kier molecular flexibility index (Phi) is 10.4. The highest BCUT2D eigenvalue weighted by atomic mass is 16.5. The number of carbonyl (C=O) groups excluding carboxylic acids is 1. The molecule has 0 aromatic carbocycles. The second-order valence-electron chi connectivity index (χ2n) is 11.0. The monoisotopic (exact) mass is 502 g/mol. The van der Waals surface area contributed by atoms with Crippen LogP contribution in [0.1, 0.15) is 85.0 Å². The van der Waals surface area contributed by atoms with Crippen LogP contribution in [0.15, 0.2) is 12.4 Å². The number of fused-ring (bicyclic) bond motifs is 2. The van der Waals surface area contributed by atoms with Crippen LogP contribution in [0, 0.1) is 0 Å². The van der Waals surface area contributed by atoms with Crippen LogP contribution in [0.4, 0.5) is 5.95 Å². The third-order valence-electron chi connectivity index (χ3n) is 8.58. The van der Waals surface area contributed by atoms with Gasteiger partial charge in [-0.2, -0.15) is 0 Å². The van der Waals surface area contributed by atoms with E-state index in [-0.39, 0.29) is 13.9 Å². The molecule has 3 fully saturated rings. The average Bonchev–Trinajstić information content (AvgIpc) is 3.18. The van der Waals surface area contributed by atoms with Crippen LogP contribution in [-0.2, 0) is 9.53 Å². The van der Waals surface area contributed by atoms with Gasteiger partial charge in [0, 0.05) is 58.2 Å². The Hall–Kier alpha value is -1.77. The fourth-order valence-electron chi connectivity index (χ4n) is 6.16. The topological polar surface area (TPSA) is 73.8 Å². The number of unbranched alkanes of at least 4 members (excludes halogenated alkanes) is 2. The minimum Gasteiger partial charge on any atom is -0.372 e. The highest BCUT2D eigenvalue weighted by molar-refractivity contribution is 5.77. The predicted octanol–water partition coefficient (Wildman–Crippen LogP) is 3.68. The lowest BCUT2D eigenvalue weighted by Crippen LogP contribution is -2.56. The molecule has 4 rings (SSSR count). The zero-order chi connectivity index (χ0) is 25.3. The van der Waals surface area contributed by atoms with Gasteiger partial charge in [-0.1, -0.05) is 13.3 Å². The van der Waals surface area contributed by atoms with Crippen LogP contribution in [0.25, 0.3) is 0 Å². The van der Waals surface area contributed by atoms with Crippen LogP contribution in [-0.4, -0.2) is 96.3 Å². The molecule has 3 unspecified atom stereocenters. The van der Waals surface area contributed by atoms with E-state index in [1.165, 1.54) is 44.1 Å². The number of carbonyl (C=O) groups is 1. The van der Waals surface area contributed by atoms with Crippen molar-refractivity contribution in [3.05, 3.63) is 18.0 Å². The number of likely N-dealkylation sites (tertiary alicyclic amines) is 2. The highest BCUT2D eigenvalue weighted by Gasteiger charge is 2.42. The number of hydrogen-bond donors (Lipinski definition) is 1. The second-order valence-corrected chi connectivity index (χ2v) is 11.0. The second kappa shape index (κ2) is 13.7. The maximum Gasteiger partial charge on any atom is 0.245 e. The van der Waals surface area contributed by atoms with Gasteiger partial charge in [0.05, 0.1) is 0 Å². The summed E-state index contributed by atoms with van der Waals surface area (Å²) in [5.41, 5.74) is 1.31. The van der Waals surface area contributed by atoms with E-state index < -0.39 is 0 Å². The summed E-state index contributed by atoms with van der Waals surface area (Å²) in [4.78, 5) is 29.1. The van der Waals surface area contributed by atoms with Gasteiger partial charge in [0.1, 0.15) is 6.61 Å². The van der Waals surface area contributed by atoms with Gasteiger partial charge in [-0.15, -0.1) is 0 Å². The zero-order valence-electron chi connectivity index (χ0n) is 22.8. The predicted molar refractivity (Wildman–Crippen MR) is 147 cm³/mol.